The first kappa shape index (κ1) is 16.2. The molecule has 1 fully saturated rings. The Bertz CT molecular complexity index is 482. The molecular formula is C17H26FNO2. The van der Waals surface area contributed by atoms with Crippen LogP contribution >= 0.6 is 0 Å². The van der Waals surface area contributed by atoms with E-state index < -0.39 is 6.10 Å². The fourth-order valence-corrected chi connectivity index (χ4v) is 3.44. The molecule has 4 heteroatoms. The zero-order chi connectivity index (χ0) is 15.6. The average molecular weight is 295 g/mol. The van der Waals surface area contributed by atoms with Crippen LogP contribution in [0.2, 0.25) is 0 Å². The van der Waals surface area contributed by atoms with Crippen LogP contribution in [-0.4, -0.2) is 36.8 Å². The molecule has 0 aromatic heterocycles. The van der Waals surface area contributed by atoms with Crippen LogP contribution in [0.1, 0.15) is 44.3 Å². The predicted molar refractivity (Wildman–Crippen MR) is 82.0 cm³/mol. The molecule has 1 N–H and O–H groups in total. The fourth-order valence-electron chi connectivity index (χ4n) is 3.44. The van der Waals surface area contributed by atoms with Gasteiger partial charge in [0.05, 0.1) is 12.6 Å². The van der Waals surface area contributed by atoms with Crippen molar-refractivity contribution in [1.29, 1.82) is 0 Å². The van der Waals surface area contributed by atoms with Crippen molar-refractivity contribution < 1.29 is 14.2 Å². The van der Waals surface area contributed by atoms with Crippen LogP contribution in [0.25, 0.3) is 0 Å². The minimum Gasteiger partial charge on any atom is -0.496 e. The first-order valence-corrected chi connectivity index (χ1v) is 7.59. The summed E-state index contributed by atoms with van der Waals surface area (Å²) in [6.45, 7) is 2.24. The van der Waals surface area contributed by atoms with Crippen LogP contribution in [0, 0.1) is 11.7 Å². The Morgan fingerprint density at radius 2 is 1.95 bits per heavy atom. The SMILES string of the molecule is COc1ccc(F)cc1C(O)C1(N(C)C)CCC(C)CC1. The number of nitrogens with zero attached hydrogens (tertiary/aromatic N) is 1. The number of methoxy groups -OCH3 is 1. The second-order valence-electron chi connectivity index (χ2n) is 6.47. The highest BCUT2D eigenvalue weighted by Gasteiger charge is 2.44. The van der Waals surface area contributed by atoms with Gasteiger partial charge < -0.3 is 14.7 Å². The quantitative estimate of drug-likeness (QED) is 0.924. The smallest absolute Gasteiger partial charge is 0.124 e. The van der Waals surface area contributed by atoms with E-state index >= 15 is 0 Å². The molecule has 1 aromatic carbocycles. The van der Waals surface area contributed by atoms with Crippen molar-refractivity contribution in [3.63, 3.8) is 0 Å². The van der Waals surface area contributed by atoms with Crippen molar-refractivity contribution in [2.24, 2.45) is 5.92 Å². The Kier molecular flexibility index (Phi) is 4.89. The van der Waals surface area contributed by atoms with E-state index in [0.29, 0.717) is 17.2 Å². The molecule has 1 aromatic rings. The van der Waals surface area contributed by atoms with Crippen LogP contribution in [0.3, 0.4) is 0 Å². The van der Waals surface area contributed by atoms with E-state index in [1.807, 2.05) is 14.1 Å². The average Bonchev–Trinajstić information content (AvgIpc) is 2.47. The Balaban J connectivity index is 2.39. The van der Waals surface area contributed by atoms with E-state index in [1.54, 1.807) is 13.2 Å². The largest absolute Gasteiger partial charge is 0.496 e. The van der Waals surface area contributed by atoms with Crippen molar-refractivity contribution in [1.82, 2.24) is 4.90 Å². The summed E-state index contributed by atoms with van der Waals surface area (Å²) in [6, 6.07) is 4.34. The minimum absolute atomic E-state index is 0.345. The molecule has 21 heavy (non-hydrogen) atoms. The Hall–Kier alpha value is -1.13. The van der Waals surface area contributed by atoms with Crippen molar-refractivity contribution in [3.8, 4) is 5.75 Å². The minimum atomic E-state index is -0.759. The van der Waals surface area contributed by atoms with Crippen molar-refractivity contribution in [2.75, 3.05) is 21.2 Å². The van der Waals surface area contributed by atoms with Crippen LogP contribution in [-0.2, 0) is 0 Å². The Morgan fingerprint density at radius 3 is 2.48 bits per heavy atom. The molecule has 2 rings (SSSR count). The molecule has 3 nitrogen and oxygen atoms in total. The third-order valence-electron chi connectivity index (χ3n) is 5.03. The molecule has 0 radical (unpaired) electrons. The van der Waals surface area contributed by atoms with Gasteiger partial charge in [-0.25, -0.2) is 4.39 Å². The summed E-state index contributed by atoms with van der Waals surface area (Å²) in [5.41, 5.74) is 0.189. The van der Waals surface area contributed by atoms with Gasteiger partial charge in [0.1, 0.15) is 17.7 Å². The zero-order valence-electron chi connectivity index (χ0n) is 13.4. The van der Waals surface area contributed by atoms with Gasteiger partial charge in [-0.3, -0.25) is 0 Å². The number of aliphatic hydroxyl groups excluding tert-OH is 1. The zero-order valence-corrected chi connectivity index (χ0v) is 13.4. The van der Waals surface area contributed by atoms with Crippen LogP contribution in [0.5, 0.6) is 5.75 Å². The Labute approximate surface area is 126 Å². The number of halogens is 1. The summed E-state index contributed by atoms with van der Waals surface area (Å²) in [5, 5.41) is 11.0. The number of hydrogen-bond acceptors (Lipinski definition) is 3. The van der Waals surface area contributed by atoms with E-state index in [9.17, 15) is 9.50 Å². The molecule has 0 spiro atoms. The molecule has 1 unspecified atom stereocenters. The molecule has 0 heterocycles. The van der Waals surface area contributed by atoms with Gasteiger partial charge in [0.25, 0.3) is 0 Å². The monoisotopic (exact) mass is 295 g/mol. The van der Waals surface area contributed by atoms with E-state index in [-0.39, 0.29) is 11.4 Å². The molecular weight excluding hydrogens is 269 g/mol. The highest BCUT2D eigenvalue weighted by molar-refractivity contribution is 5.37. The van der Waals surface area contributed by atoms with Crippen molar-refractivity contribution in [3.05, 3.63) is 29.6 Å². The van der Waals surface area contributed by atoms with Gasteiger partial charge in [-0.05, 0) is 63.9 Å². The highest BCUT2D eigenvalue weighted by Crippen LogP contribution is 2.45. The number of aliphatic hydroxyl groups is 1. The first-order chi connectivity index (χ1) is 9.90. The van der Waals surface area contributed by atoms with E-state index in [2.05, 4.69) is 11.8 Å². The molecule has 0 amide bonds. The third kappa shape index (κ3) is 3.06. The molecule has 0 aliphatic heterocycles. The van der Waals surface area contributed by atoms with Crippen molar-refractivity contribution >= 4 is 0 Å². The van der Waals surface area contributed by atoms with Crippen molar-refractivity contribution in [2.45, 2.75) is 44.2 Å². The lowest BCUT2D eigenvalue weighted by molar-refractivity contribution is -0.0418. The maximum atomic E-state index is 13.6. The maximum absolute atomic E-state index is 13.6. The summed E-state index contributed by atoms with van der Waals surface area (Å²) in [4.78, 5) is 2.09. The van der Waals surface area contributed by atoms with Crippen LogP contribution in [0.4, 0.5) is 4.39 Å². The number of ether oxygens (including phenoxy) is 1. The van der Waals surface area contributed by atoms with Crippen LogP contribution < -0.4 is 4.74 Å². The number of hydrogen-bond donors (Lipinski definition) is 1. The summed E-state index contributed by atoms with van der Waals surface area (Å²) < 4.78 is 18.9. The summed E-state index contributed by atoms with van der Waals surface area (Å²) in [6.07, 6.45) is 3.20. The second-order valence-corrected chi connectivity index (χ2v) is 6.47. The van der Waals surface area contributed by atoms with Gasteiger partial charge in [0, 0.05) is 5.56 Å². The van der Waals surface area contributed by atoms with Gasteiger partial charge in [-0.15, -0.1) is 0 Å². The number of rotatable bonds is 4. The summed E-state index contributed by atoms with van der Waals surface area (Å²) in [7, 11) is 5.53. The molecule has 1 aliphatic rings. The molecule has 0 bridgehead atoms. The summed E-state index contributed by atoms with van der Waals surface area (Å²) >= 11 is 0. The molecule has 0 saturated heterocycles. The predicted octanol–water partition coefficient (Wildman–Crippen LogP) is 3.38. The fraction of sp³-hybridized carbons (Fsp3) is 0.647. The Morgan fingerprint density at radius 1 is 1.33 bits per heavy atom. The standard InChI is InChI=1S/C17H26FNO2/c1-12-7-9-17(10-8-12,19(2)3)16(20)14-11-13(18)5-6-15(14)21-4/h5-6,11-12,16,20H,7-10H2,1-4H3. The normalized spacial score (nSPS) is 27.7. The molecule has 1 atom stereocenters. The lowest BCUT2D eigenvalue weighted by Crippen LogP contribution is -2.51. The van der Waals surface area contributed by atoms with Gasteiger partial charge in [0.2, 0.25) is 0 Å². The second kappa shape index (κ2) is 6.32. The molecule has 1 aliphatic carbocycles. The van der Waals surface area contributed by atoms with E-state index in [0.717, 1.165) is 25.7 Å². The van der Waals surface area contributed by atoms with E-state index in [1.165, 1.54) is 12.1 Å². The number of likely N-dealkylation sites (N-methyl/N-ethyl adjacent to an activating group) is 1. The van der Waals surface area contributed by atoms with Gasteiger partial charge in [-0.1, -0.05) is 6.92 Å². The molecule has 118 valence electrons. The lowest BCUT2D eigenvalue weighted by atomic mass is 9.71. The van der Waals surface area contributed by atoms with E-state index in [4.69, 9.17) is 4.74 Å². The topological polar surface area (TPSA) is 32.7 Å². The number of benzene rings is 1. The third-order valence-corrected chi connectivity index (χ3v) is 5.03. The first-order valence-electron chi connectivity index (χ1n) is 7.59. The van der Waals surface area contributed by atoms with Gasteiger partial charge in [-0.2, -0.15) is 0 Å². The van der Waals surface area contributed by atoms with Gasteiger partial charge >= 0.3 is 0 Å². The maximum Gasteiger partial charge on any atom is 0.124 e. The molecule has 1 saturated carbocycles. The lowest BCUT2D eigenvalue weighted by Gasteiger charge is -2.48. The summed E-state index contributed by atoms with van der Waals surface area (Å²) in [5.74, 6) is 0.881. The highest BCUT2D eigenvalue weighted by atomic mass is 19.1. The van der Waals surface area contributed by atoms with Crippen LogP contribution in [0.15, 0.2) is 18.2 Å². The van der Waals surface area contributed by atoms with Gasteiger partial charge in [0.15, 0.2) is 0 Å².